The molecule has 206 valence electrons. The molecule has 41 heavy (non-hydrogen) atoms. The standard InChI is InChI=1S/C34H28O7/c1-22-33(28-19-26(15-18-31(28)40-22)39-21-23-9-5-4-6-10-23)34(36)41-30-12-8-7-11-24(30)13-17-29(35)27-16-14-25(37-2)20-32(27)38-3/h4-20H,21H2,1-3H3/b17-13+. The number of hydrogen-bond acceptors (Lipinski definition) is 7. The highest BCUT2D eigenvalue weighted by molar-refractivity contribution is 6.09. The summed E-state index contributed by atoms with van der Waals surface area (Å²) in [6.45, 7) is 2.11. The molecular weight excluding hydrogens is 520 g/mol. The number of rotatable bonds is 10. The van der Waals surface area contributed by atoms with Gasteiger partial charge < -0.3 is 23.4 Å². The Morgan fingerprint density at radius 1 is 0.805 bits per heavy atom. The second-order valence-corrected chi connectivity index (χ2v) is 9.16. The van der Waals surface area contributed by atoms with E-state index in [-0.39, 0.29) is 5.78 Å². The van der Waals surface area contributed by atoms with Gasteiger partial charge in [-0.05, 0) is 61.0 Å². The lowest BCUT2D eigenvalue weighted by atomic mass is 10.1. The third-order valence-electron chi connectivity index (χ3n) is 6.50. The van der Waals surface area contributed by atoms with Gasteiger partial charge in [-0.1, -0.05) is 48.5 Å². The fourth-order valence-electron chi connectivity index (χ4n) is 4.40. The van der Waals surface area contributed by atoms with Gasteiger partial charge >= 0.3 is 5.97 Å². The second-order valence-electron chi connectivity index (χ2n) is 9.16. The Labute approximate surface area is 237 Å². The summed E-state index contributed by atoms with van der Waals surface area (Å²) in [6.07, 6.45) is 3.01. The molecule has 0 N–H and O–H groups in total. The first-order valence-electron chi connectivity index (χ1n) is 12.9. The largest absolute Gasteiger partial charge is 0.497 e. The topological polar surface area (TPSA) is 84.2 Å². The zero-order valence-corrected chi connectivity index (χ0v) is 22.9. The van der Waals surface area contributed by atoms with Crippen LogP contribution in [0.3, 0.4) is 0 Å². The highest BCUT2D eigenvalue weighted by Crippen LogP contribution is 2.31. The maximum absolute atomic E-state index is 13.4. The number of furan rings is 1. The van der Waals surface area contributed by atoms with Crippen molar-refractivity contribution < 1.29 is 33.0 Å². The van der Waals surface area contributed by atoms with Gasteiger partial charge in [-0.3, -0.25) is 4.79 Å². The predicted molar refractivity (Wildman–Crippen MR) is 156 cm³/mol. The van der Waals surface area contributed by atoms with Crippen molar-refractivity contribution in [2.75, 3.05) is 14.2 Å². The van der Waals surface area contributed by atoms with Gasteiger partial charge in [0, 0.05) is 17.0 Å². The molecule has 5 aromatic rings. The second kappa shape index (κ2) is 12.3. The average Bonchev–Trinajstić information content (AvgIpc) is 3.34. The molecular formula is C34H28O7. The average molecular weight is 549 g/mol. The van der Waals surface area contributed by atoms with E-state index >= 15 is 0 Å². The monoisotopic (exact) mass is 548 g/mol. The van der Waals surface area contributed by atoms with Crippen LogP contribution in [0.25, 0.3) is 17.0 Å². The van der Waals surface area contributed by atoms with Gasteiger partial charge in [0.05, 0.1) is 19.8 Å². The number of para-hydroxylation sites is 1. The van der Waals surface area contributed by atoms with Gasteiger partial charge in [0.2, 0.25) is 0 Å². The molecule has 7 nitrogen and oxygen atoms in total. The molecule has 0 amide bonds. The van der Waals surface area contributed by atoms with E-state index in [9.17, 15) is 9.59 Å². The number of carbonyl (C=O) groups is 2. The Bertz CT molecular complexity index is 1730. The maximum Gasteiger partial charge on any atom is 0.347 e. The van der Waals surface area contributed by atoms with Crippen LogP contribution in [0.4, 0.5) is 0 Å². The van der Waals surface area contributed by atoms with Crippen molar-refractivity contribution in [3.05, 3.63) is 125 Å². The molecule has 0 saturated carbocycles. The minimum absolute atomic E-state index is 0.273. The van der Waals surface area contributed by atoms with Gasteiger partial charge in [0.25, 0.3) is 0 Å². The van der Waals surface area contributed by atoms with Crippen LogP contribution in [0.15, 0.2) is 101 Å². The van der Waals surface area contributed by atoms with Crippen molar-refractivity contribution in [3.8, 4) is 23.0 Å². The minimum atomic E-state index is -0.578. The molecule has 0 aliphatic carbocycles. The van der Waals surface area contributed by atoms with E-state index in [2.05, 4.69) is 0 Å². The first-order valence-corrected chi connectivity index (χ1v) is 12.9. The summed E-state index contributed by atoms with van der Waals surface area (Å²) < 4.78 is 28.2. The number of aryl methyl sites for hydroxylation is 1. The van der Waals surface area contributed by atoms with Gasteiger partial charge in [0.1, 0.15) is 46.5 Å². The zero-order valence-electron chi connectivity index (χ0n) is 22.9. The number of ketones is 1. The van der Waals surface area contributed by atoms with Crippen LogP contribution < -0.4 is 18.9 Å². The van der Waals surface area contributed by atoms with Crippen LogP contribution in [-0.4, -0.2) is 26.0 Å². The molecule has 1 aromatic heterocycles. The van der Waals surface area contributed by atoms with Gasteiger partial charge in [-0.25, -0.2) is 4.79 Å². The van der Waals surface area contributed by atoms with Crippen molar-refractivity contribution >= 4 is 28.8 Å². The molecule has 5 rings (SSSR count). The smallest absolute Gasteiger partial charge is 0.347 e. The van der Waals surface area contributed by atoms with Crippen LogP contribution >= 0.6 is 0 Å². The summed E-state index contributed by atoms with van der Waals surface area (Å²) in [4.78, 5) is 26.4. The molecule has 0 radical (unpaired) electrons. The zero-order chi connectivity index (χ0) is 28.8. The molecule has 0 fully saturated rings. The van der Waals surface area contributed by atoms with Crippen LogP contribution in [0.2, 0.25) is 0 Å². The summed E-state index contributed by atoms with van der Waals surface area (Å²) in [5.74, 6) is 1.46. The molecule has 4 aromatic carbocycles. The number of esters is 1. The number of carbonyl (C=O) groups excluding carboxylic acids is 2. The van der Waals surface area contributed by atoms with E-state index in [0.29, 0.717) is 63.0 Å². The van der Waals surface area contributed by atoms with E-state index in [1.807, 2.05) is 30.3 Å². The summed E-state index contributed by atoms with van der Waals surface area (Å²) in [5, 5.41) is 0.591. The first kappa shape index (κ1) is 27.3. The molecule has 7 heteroatoms. The first-order chi connectivity index (χ1) is 20.0. The normalized spacial score (nSPS) is 11.0. The fourth-order valence-corrected chi connectivity index (χ4v) is 4.40. The molecule has 0 unspecified atom stereocenters. The number of benzene rings is 4. The van der Waals surface area contributed by atoms with Crippen LogP contribution in [0.5, 0.6) is 23.0 Å². The Morgan fingerprint density at radius 2 is 1.56 bits per heavy atom. The molecule has 0 aliphatic heterocycles. The van der Waals surface area contributed by atoms with E-state index in [1.54, 1.807) is 80.8 Å². The number of allylic oxidation sites excluding steroid dienone is 1. The third-order valence-corrected chi connectivity index (χ3v) is 6.50. The lowest BCUT2D eigenvalue weighted by Crippen LogP contribution is -2.10. The van der Waals surface area contributed by atoms with E-state index in [4.69, 9.17) is 23.4 Å². The number of fused-ring (bicyclic) bond motifs is 1. The molecule has 0 atom stereocenters. The summed E-state index contributed by atoms with van der Waals surface area (Å²) >= 11 is 0. The molecule has 0 aliphatic rings. The number of ether oxygens (including phenoxy) is 4. The molecule has 0 bridgehead atoms. The molecule has 0 spiro atoms. The van der Waals surface area contributed by atoms with Gasteiger partial charge in [-0.2, -0.15) is 0 Å². The van der Waals surface area contributed by atoms with E-state index in [0.717, 1.165) is 5.56 Å². The highest BCUT2D eigenvalue weighted by atomic mass is 16.5. The minimum Gasteiger partial charge on any atom is -0.497 e. The van der Waals surface area contributed by atoms with Crippen LogP contribution in [-0.2, 0) is 6.61 Å². The van der Waals surface area contributed by atoms with Gasteiger partial charge in [-0.15, -0.1) is 0 Å². The summed E-state index contributed by atoms with van der Waals surface area (Å²) in [7, 11) is 3.03. The Kier molecular flexibility index (Phi) is 8.15. The lowest BCUT2D eigenvalue weighted by molar-refractivity contribution is 0.0734. The predicted octanol–water partition coefficient (Wildman–Crippen LogP) is 7.45. The summed E-state index contributed by atoms with van der Waals surface area (Å²) in [5.41, 5.74) is 2.82. The van der Waals surface area contributed by atoms with Crippen molar-refractivity contribution in [1.82, 2.24) is 0 Å². The van der Waals surface area contributed by atoms with Crippen molar-refractivity contribution in [2.24, 2.45) is 0 Å². The number of methoxy groups -OCH3 is 2. The Balaban J connectivity index is 1.36. The number of hydrogen-bond donors (Lipinski definition) is 0. The summed E-state index contributed by atoms with van der Waals surface area (Å²) in [6, 6.07) is 27.1. The quantitative estimate of drug-likeness (QED) is 0.0775. The lowest BCUT2D eigenvalue weighted by Gasteiger charge is -2.09. The van der Waals surface area contributed by atoms with E-state index in [1.165, 1.54) is 13.2 Å². The van der Waals surface area contributed by atoms with Crippen LogP contribution in [0, 0.1) is 6.92 Å². The van der Waals surface area contributed by atoms with Crippen molar-refractivity contribution in [1.29, 1.82) is 0 Å². The van der Waals surface area contributed by atoms with Gasteiger partial charge in [0.15, 0.2) is 5.78 Å². The molecule has 0 saturated heterocycles. The third kappa shape index (κ3) is 6.15. The Hall–Kier alpha value is -5.30. The molecule has 1 heterocycles. The van der Waals surface area contributed by atoms with Crippen molar-refractivity contribution in [3.63, 3.8) is 0 Å². The fraction of sp³-hybridized carbons (Fsp3) is 0.118. The maximum atomic E-state index is 13.4. The van der Waals surface area contributed by atoms with Crippen molar-refractivity contribution in [2.45, 2.75) is 13.5 Å². The Morgan fingerprint density at radius 3 is 2.34 bits per heavy atom. The van der Waals surface area contributed by atoms with Crippen LogP contribution in [0.1, 0.15) is 37.6 Å². The van der Waals surface area contributed by atoms with E-state index < -0.39 is 5.97 Å². The highest BCUT2D eigenvalue weighted by Gasteiger charge is 2.22. The SMILES string of the molecule is COc1ccc(C(=O)/C=C/c2ccccc2OC(=O)c2c(C)oc3ccc(OCc4ccccc4)cc23)c(OC)c1.